The summed E-state index contributed by atoms with van der Waals surface area (Å²) in [6.45, 7) is 1.97. The van der Waals surface area contributed by atoms with Crippen LogP contribution in [0.2, 0.25) is 0 Å². The fourth-order valence-corrected chi connectivity index (χ4v) is 2.86. The zero-order valence-electron chi connectivity index (χ0n) is 10.6. The van der Waals surface area contributed by atoms with Crippen molar-refractivity contribution in [1.29, 1.82) is 0 Å². The predicted octanol–water partition coefficient (Wildman–Crippen LogP) is 5.23. The van der Waals surface area contributed by atoms with E-state index >= 15 is 0 Å². The van der Waals surface area contributed by atoms with Crippen molar-refractivity contribution in [1.82, 2.24) is 0 Å². The number of benzene rings is 2. The van der Waals surface area contributed by atoms with E-state index in [1.54, 1.807) is 12.1 Å². The molecule has 0 aromatic heterocycles. The van der Waals surface area contributed by atoms with Crippen LogP contribution in [-0.2, 0) is 0 Å². The Hall–Kier alpha value is -1.06. The van der Waals surface area contributed by atoms with Crippen molar-refractivity contribution in [2.75, 3.05) is 7.11 Å². The molecule has 1 nitrogen and oxygen atoms in total. The fraction of sp³-hybridized carbons (Fsp3) is 0.200. The van der Waals surface area contributed by atoms with Gasteiger partial charge in [0.15, 0.2) is 0 Å². The van der Waals surface area contributed by atoms with Gasteiger partial charge in [-0.25, -0.2) is 4.39 Å². The molecule has 2 aromatic rings. The molecule has 100 valence electrons. The van der Waals surface area contributed by atoms with Crippen molar-refractivity contribution in [2.24, 2.45) is 0 Å². The van der Waals surface area contributed by atoms with E-state index in [9.17, 15) is 4.39 Å². The lowest BCUT2D eigenvalue weighted by Crippen LogP contribution is -1.98. The summed E-state index contributed by atoms with van der Waals surface area (Å²) < 4.78 is 19.9. The van der Waals surface area contributed by atoms with E-state index in [0.717, 1.165) is 15.6 Å². The van der Waals surface area contributed by atoms with Crippen molar-refractivity contribution in [3.63, 3.8) is 0 Å². The van der Waals surface area contributed by atoms with Gasteiger partial charge >= 0.3 is 0 Å². The number of aryl methyl sites for hydroxylation is 1. The Kier molecular flexibility index (Phi) is 4.48. The minimum atomic E-state index is -0.526. The van der Waals surface area contributed by atoms with Crippen LogP contribution in [0.25, 0.3) is 0 Å². The van der Waals surface area contributed by atoms with E-state index in [-0.39, 0.29) is 5.82 Å². The van der Waals surface area contributed by atoms with Crippen LogP contribution < -0.4 is 4.74 Å². The third kappa shape index (κ3) is 3.28. The van der Waals surface area contributed by atoms with E-state index in [1.807, 2.05) is 25.1 Å². The molecule has 0 saturated heterocycles. The maximum Gasteiger partial charge on any atom is 0.131 e. The summed E-state index contributed by atoms with van der Waals surface area (Å²) in [4.78, 5) is 0. The van der Waals surface area contributed by atoms with Gasteiger partial charge in [0, 0.05) is 16.1 Å². The van der Waals surface area contributed by atoms with Crippen LogP contribution in [0.15, 0.2) is 40.9 Å². The van der Waals surface area contributed by atoms with Gasteiger partial charge < -0.3 is 4.74 Å². The second-order valence-corrected chi connectivity index (χ2v) is 5.66. The first-order valence-corrected chi connectivity index (χ1v) is 6.99. The fourth-order valence-electron chi connectivity index (χ4n) is 1.93. The minimum absolute atomic E-state index is 0.364. The predicted molar refractivity (Wildman–Crippen MR) is 79.5 cm³/mol. The normalized spacial score (nSPS) is 12.3. The first kappa shape index (κ1) is 14.4. The lowest BCUT2D eigenvalue weighted by Gasteiger charge is -2.13. The molecule has 0 saturated carbocycles. The van der Waals surface area contributed by atoms with E-state index < -0.39 is 5.38 Å². The molecule has 0 amide bonds. The van der Waals surface area contributed by atoms with Crippen LogP contribution in [0, 0.1) is 12.7 Å². The van der Waals surface area contributed by atoms with E-state index in [2.05, 4.69) is 15.9 Å². The number of halogens is 3. The molecule has 4 heteroatoms. The maximum atomic E-state index is 14.0. The molecule has 1 unspecified atom stereocenters. The zero-order chi connectivity index (χ0) is 14.0. The lowest BCUT2D eigenvalue weighted by atomic mass is 10.0. The topological polar surface area (TPSA) is 9.23 Å². The highest BCUT2D eigenvalue weighted by Crippen LogP contribution is 2.33. The van der Waals surface area contributed by atoms with Gasteiger partial charge in [-0.3, -0.25) is 0 Å². The maximum absolute atomic E-state index is 14.0. The number of methoxy groups -OCH3 is 1. The Morgan fingerprint density at radius 3 is 2.53 bits per heavy atom. The summed E-state index contributed by atoms with van der Waals surface area (Å²) in [6.07, 6.45) is 0. The second kappa shape index (κ2) is 5.93. The monoisotopic (exact) mass is 342 g/mol. The molecule has 0 aliphatic rings. The van der Waals surface area contributed by atoms with Gasteiger partial charge in [0.05, 0.1) is 12.5 Å². The van der Waals surface area contributed by atoms with Crippen LogP contribution in [0.3, 0.4) is 0 Å². The van der Waals surface area contributed by atoms with Crippen LogP contribution >= 0.6 is 27.5 Å². The number of hydrogen-bond acceptors (Lipinski definition) is 1. The Morgan fingerprint density at radius 1 is 1.21 bits per heavy atom. The molecule has 0 fully saturated rings. The molecule has 0 N–H and O–H groups in total. The van der Waals surface area contributed by atoms with Crippen molar-refractivity contribution < 1.29 is 9.13 Å². The summed E-state index contributed by atoms with van der Waals surface area (Å²) in [7, 11) is 1.50. The first-order valence-electron chi connectivity index (χ1n) is 5.76. The summed E-state index contributed by atoms with van der Waals surface area (Å²) in [5.74, 6) is 0.118. The SMILES string of the molecule is COc1ccc(C(Cl)c2cc(C)cc(Br)c2)c(F)c1. The largest absolute Gasteiger partial charge is 0.497 e. The minimum Gasteiger partial charge on any atom is -0.497 e. The number of hydrogen-bond donors (Lipinski definition) is 0. The van der Waals surface area contributed by atoms with Crippen LogP contribution in [0.5, 0.6) is 5.75 Å². The Labute approximate surface area is 125 Å². The van der Waals surface area contributed by atoms with Gasteiger partial charge in [0.25, 0.3) is 0 Å². The van der Waals surface area contributed by atoms with E-state index in [1.165, 1.54) is 13.2 Å². The molecular weight excluding hydrogens is 331 g/mol. The van der Waals surface area contributed by atoms with Gasteiger partial charge in [-0.05, 0) is 36.2 Å². The van der Waals surface area contributed by atoms with Gasteiger partial charge in [-0.15, -0.1) is 11.6 Å². The van der Waals surface area contributed by atoms with Crippen molar-refractivity contribution >= 4 is 27.5 Å². The molecular formula is C15H13BrClFO. The van der Waals surface area contributed by atoms with Crippen molar-refractivity contribution in [3.05, 3.63) is 63.4 Å². The summed E-state index contributed by atoms with van der Waals surface area (Å²) in [6, 6.07) is 10.5. The smallest absolute Gasteiger partial charge is 0.131 e. The molecule has 0 aliphatic carbocycles. The van der Waals surface area contributed by atoms with E-state index in [4.69, 9.17) is 16.3 Å². The molecule has 2 aromatic carbocycles. The standard InChI is InChI=1S/C15H13BrClFO/c1-9-5-10(7-11(16)6-9)15(17)13-4-3-12(19-2)8-14(13)18/h3-8,15H,1-2H3. The summed E-state index contributed by atoms with van der Waals surface area (Å²) in [5.41, 5.74) is 2.38. The highest BCUT2D eigenvalue weighted by Gasteiger charge is 2.16. The van der Waals surface area contributed by atoms with Gasteiger partial charge in [0.1, 0.15) is 11.6 Å². The molecule has 1 atom stereocenters. The number of ether oxygens (including phenoxy) is 1. The van der Waals surface area contributed by atoms with Gasteiger partial charge in [-0.1, -0.05) is 28.1 Å². The highest BCUT2D eigenvalue weighted by atomic mass is 79.9. The van der Waals surface area contributed by atoms with Gasteiger partial charge in [-0.2, -0.15) is 0 Å². The Morgan fingerprint density at radius 2 is 1.95 bits per heavy atom. The summed E-state index contributed by atoms with van der Waals surface area (Å²) in [5, 5.41) is -0.526. The lowest BCUT2D eigenvalue weighted by molar-refractivity contribution is 0.410. The van der Waals surface area contributed by atoms with Crippen LogP contribution in [-0.4, -0.2) is 7.11 Å². The van der Waals surface area contributed by atoms with Crippen molar-refractivity contribution in [3.8, 4) is 5.75 Å². The molecule has 2 rings (SSSR count). The molecule has 0 heterocycles. The molecule has 19 heavy (non-hydrogen) atoms. The van der Waals surface area contributed by atoms with Crippen LogP contribution in [0.4, 0.5) is 4.39 Å². The molecule has 0 bridgehead atoms. The summed E-state index contributed by atoms with van der Waals surface area (Å²) >= 11 is 9.80. The Balaban J connectivity index is 2.40. The zero-order valence-corrected chi connectivity index (χ0v) is 12.9. The quantitative estimate of drug-likeness (QED) is 0.693. The Bertz CT molecular complexity index is 580. The third-order valence-electron chi connectivity index (χ3n) is 2.84. The van der Waals surface area contributed by atoms with Crippen LogP contribution in [0.1, 0.15) is 22.1 Å². The molecule has 0 aliphatic heterocycles. The average molecular weight is 344 g/mol. The number of alkyl halides is 1. The average Bonchev–Trinajstić information content (AvgIpc) is 2.36. The number of rotatable bonds is 3. The van der Waals surface area contributed by atoms with Crippen molar-refractivity contribution in [2.45, 2.75) is 12.3 Å². The molecule has 0 spiro atoms. The highest BCUT2D eigenvalue weighted by molar-refractivity contribution is 9.10. The van der Waals surface area contributed by atoms with Gasteiger partial charge in [0.2, 0.25) is 0 Å². The first-order chi connectivity index (χ1) is 9.01. The van der Waals surface area contributed by atoms with E-state index in [0.29, 0.717) is 11.3 Å². The molecule has 0 radical (unpaired) electrons. The second-order valence-electron chi connectivity index (χ2n) is 4.31. The third-order valence-corrected chi connectivity index (χ3v) is 3.78.